The summed E-state index contributed by atoms with van der Waals surface area (Å²) in [4.78, 5) is 12.6. The van der Waals surface area contributed by atoms with Crippen molar-refractivity contribution in [1.29, 1.82) is 0 Å². The van der Waals surface area contributed by atoms with E-state index >= 15 is 0 Å². The molecule has 2 N–H and O–H groups in total. The summed E-state index contributed by atoms with van der Waals surface area (Å²) in [5.41, 5.74) is 1.18. The topological polar surface area (TPSA) is 42.8 Å². The quantitative estimate of drug-likeness (QED) is 0.584. The predicted octanol–water partition coefficient (Wildman–Crippen LogP) is -2.90. The molecule has 18 heavy (non-hydrogen) atoms. The molecule has 4 nitrogen and oxygen atoms in total. The van der Waals surface area contributed by atoms with E-state index < -0.39 is 0 Å². The minimum atomic E-state index is -0.331. The molecule has 102 valence electrons. The van der Waals surface area contributed by atoms with E-state index in [4.69, 9.17) is 4.74 Å². The normalized spacial score (nSPS) is 9.72. The number of carbonyl (C=O) groups is 1. The van der Waals surface area contributed by atoms with Gasteiger partial charge in [0.2, 0.25) is 0 Å². The van der Waals surface area contributed by atoms with Crippen LogP contribution in [0.2, 0.25) is 0 Å². The largest absolute Gasteiger partial charge is 1.00 e. The second-order valence-corrected chi connectivity index (χ2v) is 4.26. The second-order valence-electron chi connectivity index (χ2n) is 4.26. The van der Waals surface area contributed by atoms with E-state index in [1.165, 1.54) is 10.5 Å². The van der Waals surface area contributed by atoms with Crippen LogP contribution in [0, 0.1) is 0 Å². The lowest BCUT2D eigenvalue weighted by Gasteiger charge is -2.09. The Kier molecular flexibility index (Phi) is 9.06. The van der Waals surface area contributed by atoms with E-state index in [9.17, 15) is 4.79 Å². The maximum atomic E-state index is 11.3. The molecule has 0 bridgehead atoms. The molecule has 0 heterocycles. The lowest BCUT2D eigenvalue weighted by molar-refractivity contribution is -0.856. The molecule has 1 rings (SSSR count). The van der Waals surface area contributed by atoms with Gasteiger partial charge in [-0.2, -0.15) is 0 Å². The van der Waals surface area contributed by atoms with Crippen molar-refractivity contribution in [2.24, 2.45) is 0 Å². The van der Waals surface area contributed by atoms with Crippen molar-refractivity contribution >= 4 is 6.09 Å². The van der Waals surface area contributed by atoms with Crippen LogP contribution >= 0.6 is 0 Å². The lowest BCUT2D eigenvalue weighted by Crippen LogP contribution is -3.06. The number of benzene rings is 1. The second kappa shape index (κ2) is 9.74. The Hall–Kier alpha value is -1.26. The van der Waals surface area contributed by atoms with Crippen molar-refractivity contribution in [2.45, 2.75) is 6.42 Å². The van der Waals surface area contributed by atoms with Crippen LogP contribution in [-0.2, 0) is 11.2 Å². The van der Waals surface area contributed by atoms with Gasteiger partial charge in [0.25, 0.3) is 0 Å². The van der Waals surface area contributed by atoms with Crippen LogP contribution in [0.4, 0.5) is 4.79 Å². The lowest BCUT2D eigenvalue weighted by atomic mass is 10.2. The van der Waals surface area contributed by atoms with Gasteiger partial charge in [0.05, 0.1) is 33.8 Å². The third kappa shape index (κ3) is 7.92. The molecule has 0 radical (unpaired) electrons. The van der Waals surface area contributed by atoms with Crippen molar-refractivity contribution in [1.82, 2.24) is 5.32 Å². The number of carbonyl (C=O) groups excluding carboxylic acids is 1. The Balaban J connectivity index is 0.00000289. The minimum Gasteiger partial charge on any atom is -1.00 e. The van der Waals surface area contributed by atoms with Gasteiger partial charge in [-0.3, -0.25) is 0 Å². The highest BCUT2D eigenvalue weighted by Gasteiger charge is 2.02. The summed E-state index contributed by atoms with van der Waals surface area (Å²) in [7, 11) is 4.09. The molecule has 0 saturated heterocycles. The number of hydrogen-bond donors (Lipinski definition) is 2. The molecular formula is C13H21ClN2O2. The van der Waals surface area contributed by atoms with Crippen molar-refractivity contribution < 1.29 is 26.8 Å². The van der Waals surface area contributed by atoms with E-state index in [0.717, 1.165) is 13.0 Å². The fourth-order valence-electron chi connectivity index (χ4n) is 1.37. The van der Waals surface area contributed by atoms with E-state index in [1.807, 2.05) is 44.4 Å². The summed E-state index contributed by atoms with van der Waals surface area (Å²) in [5.74, 6) is 0. The SMILES string of the molecule is C[NH+](C)CCNC(=O)OCCc1ccccc1.[Cl-]. The Morgan fingerprint density at radius 2 is 1.94 bits per heavy atom. The van der Waals surface area contributed by atoms with Crippen molar-refractivity contribution in [2.75, 3.05) is 33.8 Å². The first-order valence-electron chi connectivity index (χ1n) is 5.92. The number of alkyl carbamates (subject to hydrolysis) is 1. The highest BCUT2D eigenvalue weighted by Crippen LogP contribution is 1.99. The number of quaternary nitrogens is 1. The van der Waals surface area contributed by atoms with Crippen LogP contribution in [0.3, 0.4) is 0 Å². The Morgan fingerprint density at radius 3 is 2.56 bits per heavy atom. The van der Waals surface area contributed by atoms with Gasteiger partial charge in [0, 0.05) is 6.42 Å². The van der Waals surface area contributed by atoms with Gasteiger partial charge in [-0.05, 0) is 5.56 Å². The molecule has 1 aromatic rings. The van der Waals surface area contributed by atoms with Crippen LogP contribution in [0.5, 0.6) is 0 Å². The van der Waals surface area contributed by atoms with Gasteiger partial charge < -0.3 is 27.4 Å². The number of hydrogen-bond acceptors (Lipinski definition) is 2. The monoisotopic (exact) mass is 272 g/mol. The fourth-order valence-corrected chi connectivity index (χ4v) is 1.37. The van der Waals surface area contributed by atoms with E-state index in [1.54, 1.807) is 0 Å². The minimum absolute atomic E-state index is 0. The van der Waals surface area contributed by atoms with Crippen LogP contribution in [-0.4, -0.2) is 39.9 Å². The van der Waals surface area contributed by atoms with Gasteiger partial charge in [-0.15, -0.1) is 0 Å². The molecule has 0 aliphatic carbocycles. The summed E-state index contributed by atoms with van der Waals surface area (Å²) in [5, 5.41) is 2.72. The maximum Gasteiger partial charge on any atom is 0.407 e. The van der Waals surface area contributed by atoms with Crippen LogP contribution in [0.15, 0.2) is 30.3 Å². The molecule has 0 unspecified atom stereocenters. The molecule has 0 aliphatic heterocycles. The smallest absolute Gasteiger partial charge is 0.407 e. The van der Waals surface area contributed by atoms with Crippen molar-refractivity contribution in [3.05, 3.63) is 35.9 Å². The average Bonchev–Trinajstić information content (AvgIpc) is 2.30. The fraction of sp³-hybridized carbons (Fsp3) is 0.462. The summed E-state index contributed by atoms with van der Waals surface area (Å²) in [6.45, 7) is 1.96. The highest BCUT2D eigenvalue weighted by atomic mass is 35.5. The molecule has 1 amide bonds. The van der Waals surface area contributed by atoms with Crippen LogP contribution < -0.4 is 22.6 Å². The zero-order chi connectivity index (χ0) is 12.5. The summed E-state index contributed by atoms with van der Waals surface area (Å²) in [6.07, 6.45) is 0.426. The number of nitrogens with one attached hydrogen (secondary N) is 2. The van der Waals surface area contributed by atoms with E-state index in [-0.39, 0.29) is 18.5 Å². The summed E-state index contributed by atoms with van der Waals surface area (Å²) in [6, 6.07) is 9.98. The molecule has 0 spiro atoms. The molecular weight excluding hydrogens is 252 g/mol. The standard InChI is InChI=1S/C13H20N2O2.ClH/c1-15(2)10-9-14-13(16)17-11-8-12-6-4-3-5-7-12;/h3-7H,8-11H2,1-2H3,(H,14,16);1H. The number of amides is 1. The zero-order valence-electron chi connectivity index (χ0n) is 10.9. The molecule has 0 saturated carbocycles. The third-order valence-electron chi connectivity index (χ3n) is 2.36. The summed E-state index contributed by atoms with van der Waals surface area (Å²) < 4.78 is 5.07. The Morgan fingerprint density at radius 1 is 1.28 bits per heavy atom. The predicted molar refractivity (Wildman–Crippen MR) is 67.2 cm³/mol. The maximum absolute atomic E-state index is 11.3. The van der Waals surface area contributed by atoms with Gasteiger partial charge in [-0.1, -0.05) is 30.3 Å². The number of likely N-dealkylation sites (N-methyl/N-ethyl adjacent to an activating group) is 1. The van der Waals surface area contributed by atoms with Crippen LogP contribution in [0.1, 0.15) is 5.56 Å². The number of ether oxygens (including phenoxy) is 1. The average molecular weight is 273 g/mol. The highest BCUT2D eigenvalue weighted by molar-refractivity contribution is 5.67. The molecule has 5 heteroatoms. The Labute approximate surface area is 115 Å². The van der Waals surface area contributed by atoms with Crippen molar-refractivity contribution in [3.63, 3.8) is 0 Å². The summed E-state index contributed by atoms with van der Waals surface area (Å²) >= 11 is 0. The van der Waals surface area contributed by atoms with Gasteiger partial charge in [-0.25, -0.2) is 4.79 Å². The molecule has 0 fully saturated rings. The zero-order valence-corrected chi connectivity index (χ0v) is 11.7. The first-order chi connectivity index (χ1) is 8.18. The third-order valence-corrected chi connectivity index (χ3v) is 2.36. The molecule has 0 aromatic heterocycles. The van der Waals surface area contributed by atoms with Gasteiger partial charge >= 0.3 is 6.09 Å². The van der Waals surface area contributed by atoms with Crippen molar-refractivity contribution in [3.8, 4) is 0 Å². The number of halogens is 1. The van der Waals surface area contributed by atoms with Gasteiger partial charge in [0.1, 0.15) is 0 Å². The first kappa shape index (κ1) is 16.7. The molecule has 0 atom stereocenters. The van der Waals surface area contributed by atoms with Gasteiger partial charge in [0.15, 0.2) is 0 Å². The molecule has 0 aliphatic rings. The number of rotatable bonds is 6. The van der Waals surface area contributed by atoms with Crippen LogP contribution in [0.25, 0.3) is 0 Å². The Bertz CT molecular complexity index is 331. The first-order valence-corrected chi connectivity index (χ1v) is 5.92. The molecule has 1 aromatic carbocycles. The van der Waals surface area contributed by atoms with E-state index in [0.29, 0.717) is 13.2 Å². The van der Waals surface area contributed by atoms with E-state index in [2.05, 4.69) is 5.32 Å².